The molecule has 18 heavy (non-hydrogen) atoms. The van der Waals surface area contributed by atoms with Gasteiger partial charge in [-0.1, -0.05) is 13.0 Å². The summed E-state index contributed by atoms with van der Waals surface area (Å²) in [5.74, 6) is 0. The zero-order valence-corrected chi connectivity index (χ0v) is 11.6. The summed E-state index contributed by atoms with van der Waals surface area (Å²) in [6, 6.07) is 0. The molecule has 0 aromatic rings. The average Bonchev–Trinajstić information content (AvgIpc) is 2.33. The molecular formula is C10H14BrN3O4. The lowest BCUT2D eigenvalue weighted by atomic mass is 9.72. The zero-order valence-electron chi connectivity index (χ0n) is 9.97. The maximum Gasteiger partial charge on any atom is 0.272 e. The molecule has 0 amide bonds. The van der Waals surface area contributed by atoms with Crippen LogP contribution in [0.25, 0.3) is 0 Å². The van der Waals surface area contributed by atoms with Gasteiger partial charge in [-0.25, -0.2) is 0 Å². The van der Waals surface area contributed by atoms with Crippen molar-refractivity contribution in [2.45, 2.75) is 30.8 Å². The fourth-order valence-electron chi connectivity index (χ4n) is 2.89. The minimum Gasteiger partial charge on any atom is -0.290 e. The summed E-state index contributed by atoms with van der Waals surface area (Å²) in [5, 5.41) is 22.7. The van der Waals surface area contributed by atoms with Crippen LogP contribution in [0.2, 0.25) is 0 Å². The number of hydrogen-bond donors (Lipinski definition) is 0. The largest absolute Gasteiger partial charge is 0.290 e. The van der Waals surface area contributed by atoms with E-state index < -0.39 is 11.1 Å². The van der Waals surface area contributed by atoms with Crippen molar-refractivity contribution in [3.63, 3.8) is 0 Å². The molecule has 0 saturated carbocycles. The molecule has 0 aromatic heterocycles. The first-order valence-electron chi connectivity index (χ1n) is 5.74. The maximum atomic E-state index is 11.4. The van der Waals surface area contributed by atoms with Crippen LogP contribution in [0.4, 0.5) is 0 Å². The lowest BCUT2D eigenvalue weighted by molar-refractivity contribution is -0.620. The minimum atomic E-state index is -1.36. The number of hydrogen-bond acceptors (Lipinski definition) is 5. The van der Waals surface area contributed by atoms with Crippen LogP contribution in [0.3, 0.4) is 0 Å². The Bertz CT molecular complexity index is 441. The molecule has 0 aromatic carbocycles. The second-order valence-electron chi connectivity index (χ2n) is 5.01. The van der Waals surface area contributed by atoms with Crippen molar-refractivity contribution >= 4 is 15.9 Å². The van der Waals surface area contributed by atoms with Crippen molar-refractivity contribution in [3.8, 4) is 0 Å². The van der Waals surface area contributed by atoms with E-state index in [9.17, 15) is 20.2 Å². The summed E-state index contributed by atoms with van der Waals surface area (Å²) in [4.78, 5) is 23.8. The van der Waals surface area contributed by atoms with Gasteiger partial charge < -0.3 is 0 Å². The van der Waals surface area contributed by atoms with E-state index in [0.29, 0.717) is 11.0 Å². The smallest absolute Gasteiger partial charge is 0.272 e. The summed E-state index contributed by atoms with van der Waals surface area (Å²) < 4.78 is 0.468. The highest BCUT2D eigenvalue weighted by Gasteiger charge is 2.64. The standard InChI is InChI=1S/C10H14BrN3O4/c1-2-12-6-9(13(15)16)4-3-8(11)10(5-9,7-12)14(17)18/h3H,2,4-7H2,1H3/t9-,10+/m1/s1. The Morgan fingerprint density at radius 1 is 1.39 bits per heavy atom. The maximum absolute atomic E-state index is 11.4. The van der Waals surface area contributed by atoms with Crippen LogP contribution < -0.4 is 0 Å². The predicted octanol–water partition coefficient (Wildman–Crippen LogP) is 1.43. The quantitative estimate of drug-likeness (QED) is 0.579. The molecule has 1 aliphatic carbocycles. The van der Waals surface area contributed by atoms with Crippen molar-refractivity contribution in [2.24, 2.45) is 0 Å². The normalized spacial score (nSPS) is 36.0. The minimum absolute atomic E-state index is 0.0341. The van der Waals surface area contributed by atoms with E-state index in [0.717, 1.165) is 0 Å². The Morgan fingerprint density at radius 3 is 2.56 bits per heavy atom. The zero-order chi connectivity index (χ0) is 13.6. The van der Waals surface area contributed by atoms with Crippen LogP contribution in [0.1, 0.15) is 19.8 Å². The first-order valence-corrected chi connectivity index (χ1v) is 6.53. The fraction of sp³-hybridized carbons (Fsp3) is 0.800. The molecule has 2 bridgehead atoms. The molecule has 1 aliphatic heterocycles. The molecule has 2 aliphatic rings. The van der Waals surface area contributed by atoms with Crippen molar-refractivity contribution < 1.29 is 9.85 Å². The number of likely N-dealkylation sites (tertiary alicyclic amines) is 1. The molecule has 7 nitrogen and oxygen atoms in total. The second kappa shape index (κ2) is 4.27. The molecule has 2 rings (SSSR count). The third-order valence-corrected chi connectivity index (χ3v) is 4.98. The van der Waals surface area contributed by atoms with Crippen LogP contribution in [0, 0.1) is 20.2 Å². The number of rotatable bonds is 3. The number of fused-ring (bicyclic) bond motifs is 2. The van der Waals surface area contributed by atoms with Crippen molar-refractivity contribution in [3.05, 3.63) is 30.8 Å². The third-order valence-electron chi connectivity index (χ3n) is 3.91. The number of piperidine rings is 1. The van der Waals surface area contributed by atoms with Crippen molar-refractivity contribution in [1.29, 1.82) is 0 Å². The van der Waals surface area contributed by atoms with Gasteiger partial charge >= 0.3 is 0 Å². The topological polar surface area (TPSA) is 89.5 Å². The SMILES string of the molecule is CCN1C[C@@]2([N+](=O)[O-])CC=C(Br)[C@@]([N+](=O)[O-])(C1)C2. The van der Waals surface area contributed by atoms with Gasteiger partial charge in [0.1, 0.15) is 0 Å². The highest BCUT2D eigenvalue weighted by molar-refractivity contribution is 9.11. The van der Waals surface area contributed by atoms with E-state index in [4.69, 9.17) is 0 Å². The van der Waals surface area contributed by atoms with Gasteiger partial charge in [0.15, 0.2) is 0 Å². The van der Waals surface area contributed by atoms with Crippen molar-refractivity contribution in [1.82, 2.24) is 4.90 Å². The molecule has 1 fully saturated rings. The molecule has 0 N–H and O–H groups in total. The Morgan fingerprint density at radius 2 is 2.06 bits per heavy atom. The van der Waals surface area contributed by atoms with Gasteiger partial charge in [-0.05, 0) is 22.5 Å². The summed E-state index contributed by atoms with van der Waals surface area (Å²) in [6.45, 7) is 2.94. The van der Waals surface area contributed by atoms with Crippen LogP contribution in [-0.2, 0) is 0 Å². The third kappa shape index (κ3) is 1.74. The summed E-state index contributed by atoms with van der Waals surface area (Å²) in [5.41, 5.74) is -2.59. The highest BCUT2D eigenvalue weighted by Crippen LogP contribution is 2.46. The Kier molecular flexibility index (Phi) is 3.18. The fourth-order valence-corrected chi connectivity index (χ4v) is 3.47. The van der Waals surface area contributed by atoms with Crippen LogP contribution in [-0.4, -0.2) is 45.5 Å². The Balaban J connectivity index is 2.51. The van der Waals surface area contributed by atoms with Gasteiger partial charge in [0.05, 0.1) is 24.0 Å². The molecule has 0 radical (unpaired) electrons. The van der Waals surface area contributed by atoms with Gasteiger partial charge in [0.25, 0.3) is 5.54 Å². The molecule has 0 spiro atoms. The first kappa shape index (κ1) is 13.4. The molecule has 100 valence electrons. The highest BCUT2D eigenvalue weighted by atomic mass is 79.9. The number of nitro groups is 2. The van der Waals surface area contributed by atoms with Gasteiger partial charge in [0.2, 0.25) is 5.54 Å². The van der Waals surface area contributed by atoms with Crippen molar-refractivity contribution in [2.75, 3.05) is 19.6 Å². The molecule has 1 saturated heterocycles. The van der Waals surface area contributed by atoms with Crippen LogP contribution in [0.5, 0.6) is 0 Å². The summed E-state index contributed by atoms with van der Waals surface area (Å²) >= 11 is 3.23. The van der Waals surface area contributed by atoms with E-state index in [1.807, 2.05) is 6.92 Å². The monoisotopic (exact) mass is 319 g/mol. The number of likely N-dealkylation sites (N-methyl/N-ethyl adjacent to an activating group) is 1. The summed E-state index contributed by atoms with van der Waals surface area (Å²) in [7, 11) is 0. The average molecular weight is 320 g/mol. The van der Waals surface area contributed by atoms with E-state index in [2.05, 4.69) is 15.9 Å². The predicted molar refractivity (Wildman–Crippen MR) is 67.8 cm³/mol. The van der Waals surface area contributed by atoms with Gasteiger partial charge in [-0.2, -0.15) is 0 Å². The van der Waals surface area contributed by atoms with E-state index >= 15 is 0 Å². The van der Waals surface area contributed by atoms with E-state index in [1.54, 1.807) is 11.0 Å². The lowest BCUT2D eigenvalue weighted by Gasteiger charge is -2.44. The van der Waals surface area contributed by atoms with Crippen LogP contribution in [0.15, 0.2) is 10.6 Å². The molecular weight excluding hydrogens is 306 g/mol. The number of halogens is 1. The molecule has 1 heterocycles. The van der Waals surface area contributed by atoms with E-state index in [-0.39, 0.29) is 35.8 Å². The van der Waals surface area contributed by atoms with Gasteiger partial charge in [-0.15, -0.1) is 0 Å². The van der Waals surface area contributed by atoms with E-state index in [1.165, 1.54) is 0 Å². The Hall–Kier alpha value is -1.02. The van der Waals surface area contributed by atoms with Gasteiger partial charge in [0, 0.05) is 16.3 Å². The molecule has 2 atom stereocenters. The molecule has 8 heteroatoms. The number of nitrogens with zero attached hydrogens (tertiary/aromatic N) is 3. The van der Waals surface area contributed by atoms with Crippen LogP contribution >= 0.6 is 15.9 Å². The Labute approximate surface area is 112 Å². The lowest BCUT2D eigenvalue weighted by Crippen LogP contribution is -2.66. The summed E-state index contributed by atoms with van der Waals surface area (Å²) in [6.07, 6.45) is 1.81. The second-order valence-corrected chi connectivity index (χ2v) is 5.86. The van der Waals surface area contributed by atoms with Gasteiger partial charge in [-0.3, -0.25) is 25.1 Å². The first-order chi connectivity index (χ1) is 8.36. The molecule has 0 unspecified atom stereocenters.